The van der Waals surface area contributed by atoms with Gasteiger partial charge in [0.2, 0.25) is 5.91 Å². The average Bonchev–Trinajstić information content (AvgIpc) is 3.45. The summed E-state index contributed by atoms with van der Waals surface area (Å²) in [7, 11) is 0. The molecule has 0 aliphatic rings. The number of carbonyl (C=O) groups is 2. The van der Waals surface area contributed by atoms with E-state index in [0.29, 0.717) is 12.1 Å². The van der Waals surface area contributed by atoms with Gasteiger partial charge in [0, 0.05) is 36.9 Å². The van der Waals surface area contributed by atoms with Crippen LogP contribution in [0, 0.1) is 5.92 Å². The van der Waals surface area contributed by atoms with Gasteiger partial charge in [0.25, 0.3) is 5.91 Å². The molecule has 3 aromatic heterocycles. The van der Waals surface area contributed by atoms with Crippen LogP contribution in [0.5, 0.6) is 0 Å². The first-order valence-electron chi connectivity index (χ1n) is 10.0. The lowest BCUT2D eigenvalue weighted by atomic mass is 10.0. The highest BCUT2D eigenvalue weighted by Crippen LogP contribution is 2.26. The number of hydrogen-bond acceptors (Lipinski definition) is 5. The van der Waals surface area contributed by atoms with Gasteiger partial charge in [-0.3, -0.25) is 14.6 Å². The second-order valence-corrected chi connectivity index (χ2v) is 8.55. The van der Waals surface area contributed by atoms with Crippen molar-refractivity contribution in [1.82, 2.24) is 25.2 Å². The number of rotatable bonds is 7. The summed E-state index contributed by atoms with van der Waals surface area (Å²) in [6.07, 6.45) is 7.23. The van der Waals surface area contributed by atoms with Crippen LogP contribution in [0.15, 0.2) is 67.3 Å². The summed E-state index contributed by atoms with van der Waals surface area (Å²) < 4.78 is 2.85. The third-order valence-corrected chi connectivity index (χ3v) is 5.95. The fourth-order valence-corrected chi connectivity index (χ4v) is 4.16. The zero-order valence-electron chi connectivity index (χ0n) is 17.3. The molecule has 0 bridgehead atoms. The van der Waals surface area contributed by atoms with Gasteiger partial charge in [0.15, 0.2) is 5.13 Å². The van der Waals surface area contributed by atoms with Crippen molar-refractivity contribution in [2.75, 3.05) is 0 Å². The van der Waals surface area contributed by atoms with Gasteiger partial charge >= 0.3 is 0 Å². The molecule has 8 heteroatoms. The Morgan fingerprint density at radius 2 is 1.84 bits per heavy atom. The minimum absolute atomic E-state index is 0.0612. The van der Waals surface area contributed by atoms with Gasteiger partial charge < -0.3 is 15.2 Å². The van der Waals surface area contributed by atoms with Crippen molar-refractivity contribution in [3.8, 4) is 5.13 Å². The van der Waals surface area contributed by atoms with Crippen LogP contribution in [0.25, 0.3) is 15.3 Å². The highest BCUT2D eigenvalue weighted by Gasteiger charge is 2.24. The first-order valence-corrected chi connectivity index (χ1v) is 10.8. The van der Waals surface area contributed by atoms with Crippen LogP contribution in [-0.2, 0) is 11.3 Å². The Bertz CT molecular complexity index is 1190. The molecule has 3 heterocycles. The van der Waals surface area contributed by atoms with Crippen LogP contribution < -0.4 is 10.6 Å². The van der Waals surface area contributed by atoms with E-state index >= 15 is 0 Å². The molecule has 0 saturated carbocycles. The van der Waals surface area contributed by atoms with Crippen molar-refractivity contribution in [3.63, 3.8) is 0 Å². The van der Waals surface area contributed by atoms with Crippen molar-refractivity contribution in [1.29, 1.82) is 0 Å². The van der Waals surface area contributed by atoms with Crippen molar-refractivity contribution in [3.05, 3.63) is 78.4 Å². The molecular formula is C23H23N5O2S. The fraction of sp³-hybridized carbons (Fsp3) is 0.217. The van der Waals surface area contributed by atoms with Crippen LogP contribution in [-0.4, -0.2) is 32.4 Å². The minimum Gasteiger partial charge on any atom is -0.350 e. The first kappa shape index (κ1) is 20.7. The molecular weight excluding hydrogens is 410 g/mol. The number of hydrogen-bond donors (Lipinski definition) is 2. The summed E-state index contributed by atoms with van der Waals surface area (Å²) in [5, 5.41) is 6.62. The maximum absolute atomic E-state index is 12.9. The first-order chi connectivity index (χ1) is 15.0. The Morgan fingerprint density at radius 1 is 1.10 bits per heavy atom. The SMILES string of the molecule is CC(C)[C@H](NC(=O)c1ccc2nc(-n3cccc3)sc2c1)C(=O)NCc1ccncc1. The normalized spacial score (nSPS) is 12.1. The van der Waals surface area contributed by atoms with Crippen LogP contribution in [0.3, 0.4) is 0 Å². The lowest BCUT2D eigenvalue weighted by Gasteiger charge is -2.21. The molecule has 2 amide bonds. The molecule has 0 unspecified atom stereocenters. The smallest absolute Gasteiger partial charge is 0.251 e. The molecule has 1 aromatic carbocycles. The predicted octanol–water partition coefficient (Wildman–Crippen LogP) is 3.55. The highest BCUT2D eigenvalue weighted by atomic mass is 32.1. The molecule has 0 spiro atoms. The summed E-state index contributed by atoms with van der Waals surface area (Å²) in [6.45, 7) is 4.20. The van der Waals surface area contributed by atoms with Crippen molar-refractivity contribution in [2.45, 2.75) is 26.4 Å². The van der Waals surface area contributed by atoms with E-state index in [4.69, 9.17) is 0 Å². The summed E-state index contributed by atoms with van der Waals surface area (Å²) in [5.41, 5.74) is 2.29. The number of amides is 2. The highest BCUT2D eigenvalue weighted by molar-refractivity contribution is 7.20. The Kier molecular flexibility index (Phi) is 6.08. The van der Waals surface area contributed by atoms with Crippen molar-refractivity contribution >= 4 is 33.4 Å². The maximum atomic E-state index is 12.9. The molecule has 0 radical (unpaired) electrons. The quantitative estimate of drug-likeness (QED) is 0.466. The Hall–Kier alpha value is -3.52. The van der Waals surface area contributed by atoms with E-state index in [0.717, 1.165) is 20.9 Å². The second-order valence-electron chi connectivity index (χ2n) is 7.54. The van der Waals surface area contributed by atoms with Gasteiger partial charge in [-0.2, -0.15) is 0 Å². The lowest BCUT2D eigenvalue weighted by Crippen LogP contribution is -2.49. The lowest BCUT2D eigenvalue weighted by molar-refractivity contribution is -0.124. The topological polar surface area (TPSA) is 88.9 Å². The Labute approximate surface area is 184 Å². The van der Waals surface area contributed by atoms with E-state index in [-0.39, 0.29) is 17.7 Å². The van der Waals surface area contributed by atoms with Crippen LogP contribution in [0.2, 0.25) is 0 Å². The molecule has 0 fully saturated rings. The summed E-state index contributed by atoms with van der Waals surface area (Å²) in [5.74, 6) is -0.557. The average molecular weight is 434 g/mol. The third-order valence-electron chi connectivity index (χ3n) is 4.92. The molecule has 0 saturated heterocycles. The predicted molar refractivity (Wildman–Crippen MR) is 121 cm³/mol. The largest absolute Gasteiger partial charge is 0.350 e. The van der Waals surface area contributed by atoms with E-state index in [2.05, 4.69) is 20.6 Å². The standard InChI is InChI=1S/C23H23N5O2S/c1-15(2)20(22(30)25-14-16-7-9-24-10-8-16)27-21(29)17-5-6-18-19(13-17)31-23(26-18)28-11-3-4-12-28/h3-13,15,20H,14H2,1-2H3,(H,25,30)(H,27,29)/t20-/m0/s1. The van der Waals surface area contributed by atoms with E-state index < -0.39 is 6.04 Å². The molecule has 7 nitrogen and oxygen atoms in total. The Morgan fingerprint density at radius 3 is 2.55 bits per heavy atom. The minimum atomic E-state index is -0.637. The van der Waals surface area contributed by atoms with Gasteiger partial charge in [0.05, 0.1) is 10.2 Å². The van der Waals surface area contributed by atoms with Crippen LogP contribution in [0.4, 0.5) is 0 Å². The molecule has 4 aromatic rings. The number of nitrogens with zero attached hydrogens (tertiary/aromatic N) is 3. The van der Waals surface area contributed by atoms with Gasteiger partial charge in [-0.05, 0) is 53.9 Å². The molecule has 1 atom stereocenters. The third kappa shape index (κ3) is 4.80. The van der Waals surface area contributed by atoms with Crippen molar-refractivity contribution in [2.24, 2.45) is 5.92 Å². The monoisotopic (exact) mass is 433 g/mol. The number of nitrogens with one attached hydrogen (secondary N) is 2. The zero-order chi connectivity index (χ0) is 21.8. The molecule has 2 N–H and O–H groups in total. The number of pyridine rings is 1. The molecule has 4 rings (SSSR count). The van der Waals surface area contributed by atoms with Gasteiger partial charge in [-0.1, -0.05) is 25.2 Å². The van der Waals surface area contributed by atoms with Gasteiger partial charge in [0.1, 0.15) is 6.04 Å². The van der Waals surface area contributed by atoms with Crippen LogP contribution >= 0.6 is 11.3 Å². The molecule has 0 aliphatic heterocycles. The number of aromatic nitrogens is 3. The van der Waals surface area contributed by atoms with Crippen LogP contribution in [0.1, 0.15) is 29.8 Å². The Balaban J connectivity index is 1.46. The zero-order valence-corrected chi connectivity index (χ0v) is 18.1. The number of benzene rings is 1. The summed E-state index contributed by atoms with van der Waals surface area (Å²) >= 11 is 1.51. The van der Waals surface area contributed by atoms with E-state index in [9.17, 15) is 9.59 Å². The molecule has 158 valence electrons. The summed E-state index contributed by atoms with van der Waals surface area (Å²) in [4.78, 5) is 34.2. The fourth-order valence-electron chi connectivity index (χ4n) is 3.19. The number of fused-ring (bicyclic) bond motifs is 1. The van der Waals surface area contributed by atoms with E-state index in [1.54, 1.807) is 18.5 Å². The van der Waals surface area contributed by atoms with E-state index in [1.807, 2.05) is 67.2 Å². The molecule has 31 heavy (non-hydrogen) atoms. The second kappa shape index (κ2) is 9.09. The maximum Gasteiger partial charge on any atom is 0.251 e. The summed E-state index contributed by atoms with van der Waals surface area (Å²) in [6, 6.07) is 12.3. The van der Waals surface area contributed by atoms with Gasteiger partial charge in [-0.15, -0.1) is 0 Å². The van der Waals surface area contributed by atoms with Crippen molar-refractivity contribution < 1.29 is 9.59 Å². The molecule has 0 aliphatic carbocycles. The van der Waals surface area contributed by atoms with Gasteiger partial charge in [-0.25, -0.2) is 4.98 Å². The number of thiazole rings is 1. The van der Waals surface area contributed by atoms with E-state index in [1.165, 1.54) is 11.3 Å². The number of carbonyl (C=O) groups excluding carboxylic acids is 2.